The molecule has 1 N–H and O–H groups in total. The van der Waals surface area contributed by atoms with Crippen LogP contribution in [0.4, 0.5) is 10.1 Å². The van der Waals surface area contributed by atoms with Gasteiger partial charge in [0.25, 0.3) is 0 Å². The predicted molar refractivity (Wildman–Crippen MR) is 136 cm³/mol. The van der Waals surface area contributed by atoms with Gasteiger partial charge in [-0.1, -0.05) is 12.1 Å². The highest BCUT2D eigenvalue weighted by molar-refractivity contribution is 7.80. The Bertz CT molecular complexity index is 1440. The molecule has 1 fully saturated rings. The number of hydrogen-bond donors (Lipinski definition) is 1. The molecule has 1 saturated heterocycles. The van der Waals surface area contributed by atoms with E-state index in [1.165, 1.54) is 6.07 Å². The third-order valence-corrected chi connectivity index (χ3v) is 6.90. The molecule has 2 aromatic carbocycles. The number of pyridine rings is 1. The molecule has 2 aromatic heterocycles. The van der Waals surface area contributed by atoms with Crippen molar-refractivity contribution in [2.75, 3.05) is 11.7 Å². The van der Waals surface area contributed by atoms with E-state index in [1.54, 1.807) is 18.3 Å². The van der Waals surface area contributed by atoms with Gasteiger partial charge in [-0.25, -0.2) is 4.39 Å². The lowest BCUT2D eigenvalue weighted by atomic mass is 9.96. The topological polar surface area (TPSA) is 51.6 Å². The Morgan fingerprint density at radius 3 is 2.63 bits per heavy atom. The number of rotatable bonds is 4. The van der Waals surface area contributed by atoms with Gasteiger partial charge in [-0.05, 0) is 80.2 Å². The molecule has 2 aliphatic heterocycles. The van der Waals surface area contributed by atoms with Gasteiger partial charge in [-0.15, -0.1) is 0 Å². The zero-order valence-corrected chi connectivity index (χ0v) is 20.1. The first-order valence-electron chi connectivity index (χ1n) is 11.4. The van der Waals surface area contributed by atoms with E-state index in [9.17, 15) is 4.39 Å². The Kier molecular flexibility index (Phi) is 5.18. The first-order chi connectivity index (χ1) is 17.0. The molecule has 0 spiro atoms. The number of anilines is 1. The second kappa shape index (κ2) is 8.39. The molecule has 6 nitrogen and oxygen atoms in total. The van der Waals surface area contributed by atoms with Crippen molar-refractivity contribution < 1.29 is 13.9 Å². The summed E-state index contributed by atoms with van der Waals surface area (Å²) >= 11 is 5.86. The minimum atomic E-state index is -0.270. The second-order valence-corrected chi connectivity index (χ2v) is 9.06. The monoisotopic (exact) mass is 486 g/mol. The van der Waals surface area contributed by atoms with Gasteiger partial charge >= 0.3 is 0 Å². The average Bonchev–Trinajstić information content (AvgIpc) is 3.54. The summed E-state index contributed by atoms with van der Waals surface area (Å²) in [5.74, 6) is 1.14. The number of fused-ring (bicyclic) bond motifs is 1. The lowest BCUT2D eigenvalue weighted by Crippen LogP contribution is -2.29. The van der Waals surface area contributed by atoms with Crippen LogP contribution in [0.15, 0.2) is 72.9 Å². The summed E-state index contributed by atoms with van der Waals surface area (Å²) in [6, 6.07) is 20.1. The van der Waals surface area contributed by atoms with Crippen molar-refractivity contribution >= 4 is 23.0 Å². The van der Waals surface area contributed by atoms with E-state index in [0.717, 1.165) is 34.0 Å². The Morgan fingerprint density at radius 2 is 1.83 bits per heavy atom. The highest BCUT2D eigenvalue weighted by atomic mass is 32.1. The molecule has 0 bridgehead atoms. The van der Waals surface area contributed by atoms with Crippen molar-refractivity contribution in [3.63, 3.8) is 0 Å². The van der Waals surface area contributed by atoms with Crippen molar-refractivity contribution in [3.05, 3.63) is 101 Å². The van der Waals surface area contributed by atoms with Crippen molar-refractivity contribution in [2.24, 2.45) is 0 Å². The Morgan fingerprint density at radius 1 is 0.971 bits per heavy atom. The number of aromatic nitrogens is 2. The molecule has 8 heteroatoms. The summed E-state index contributed by atoms with van der Waals surface area (Å²) in [4.78, 5) is 6.74. The zero-order valence-electron chi connectivity index (χ0n) is 19.2. The standard InChI is InChI=1S/C27H23FN4O2S/c1-16-12-21(17(2)31(16)19-7-5-6-18(28)13-19)26-25(22-8-3-4-11-29-22)30-27(35)32(26)20-9-10-23-24(14-20)34-15-33-23/h3-14,25-26H,15H2,1-2H3,(H,30,35)/t25-,26-/m0/s1. The first-order valence-corrected chi connectivity index (χ1v) is 11.8. The number of thiocarbonyl (C=S) groups is 1. The number of hydrogen-bond acceptors (Lipinski definition) is 4. The van der Waals surface area contributed by atoms with E-state index < -0.39 is 0 Å². The highest BCUT2D eigenvalue weighted by Gasteiger charge is 2.42. The van der Waals surface area contributed by atoms with Gasteiger partial charge in [0, 0.05) is 35.0 Å². The minimum absolute atomic E-state index is 0.185. The molecule has 6 rings (SSSR count). The van der Waals surface area contributed by atoms with Crippen LogP contribution in [0.3, 0.4) is 0 Å². The molecule has 0 unspecified atom stereocenters. The summed E-state index contributed by atoms with van der Waals surface area (Å²) < 4.78 is 27.3. The summed E-state index contributed by atoms with van der Waals surface area (Å²) in [7, 11) is 0. The maximum Gasteiger partial charge on any atom is 0.231 e. The number of aryl methyl sites for hydroxylation is 1. The van der Waals surface area contributed by atoms with Crippen LogP contribution in [0, 0.1) is 19.7 Å². The van der Waals surface area contributed by atoms with Crippen LogP contribution in [0.5, 0.6) is 11.5 Å². The first kappa shape index (κ1) is 21.6. The van der Waals surface area contributed by atoms with Gasteiger partial charge in [0.2, 0.25) is 6.79 Å². The normalized spacial score (nSPS) is 18.7. The van der Waals surface area contributed by atoms with E-state index >= 15 is 0 Å². The largest absolute Gasteiger partial charge is 0.454 e. The Labute approximate surface area is 207 Å². The van der Waals surface area contributed by atoms with Crippen molar-refractivity contribution in [1.82, 2.24) is 14.9 Å². The van der Waals surface area contributed by atoms with Crippen LogP contribution in [0.25, 0.3) is 5.69 Å². The molecule has 0 radical (unpaired) electrons. The summed E-state index contributed by atoms with van der Waals surface area (Å²) in [5, 5.41) is 4.09. The fourth-order valence-corrected chi connectivity index (χ4v) is 5.43. The maximum absolute atomic E-state index is 14.1. The van der Waals surface area contributed by atoms with Crippen molar-refractivity contribution in [2.45, 2.75) is 25.9 Å². The fraction of sp³-hybridized carbons (Fsp3) is 0.185. The van der Waals surface area contributed by atoms with Crippen LogP contribution >= 0.6 is 12.2 Å². The van der Waals surface area contributed by atoms with E-state index in [-0.39, 0.29) is 24.7 Å². The molecule has 2 atom stereocenters. The molecule has 0 saturated carbocycles. The number of halogens is 1. The molecule has 0 aliphatic carbocycles. The third-order valence-electron chi connectivity index (χ3n) is 6.59. The number of benzene rings is 2. The predicted octanol–water partition coefficient (Wildman–Crippen LogP) is 5.53. The van der Waals surface area contributed by atoms with E-state index in [4.69, 9.17) is 21.7 Å². The second-order valence-electron chi connectivity index (χ2n) is 8.68. The molecular weight excluding hydrogens is 463 g/mol. The number of nitrogens with one attached hydrogen (secondary N) is 1. The minimum Gasteiger partial charge on any atom is -0.454 e. The number of ether oxygens (including phenoxy) is 2. The van der Waals surface area contributed by atoms with E-state index in [0.29, 0.717) is 16.6 Å². The average molecular weight is 487 g/mol. The van der Waals surface area contributed by atoms with E-state index in [2.05, 4.69) is 32.8 Å². The number of nitrogens with zero attached hydrogens (tertiary/aromatic N) is 3. The lowest BCUT2D eigenvalue weighted by Gasteiger charge is -2.28. The van der Waals surface area contributed by atoms with Crippen LogP contribution in [-0.4, -0.2) is 21.5 Å². The maximum atomic E-state index is 14.1. The van der Waals surface area contributed by atoms with Gasteiger partial charge in [-0.2, -0.15) is 0 Å². The summed E-state index contributed by atoms with van der Waals surface area (Å²) in [5.41, 5.74) is 5.66. The molecule has 2 aliphatic rings. The lowest BCUT2D eigenvalue weighted by molar-refractivity contribution is 0.174. The van der Waals surface area contributed by atoms with Gasteiger partial charge in [0.05, 0.1) is 17.8 Å². The van der Waals surface area contributed by atoms with Crippen molar-refractivity contribution in [1.29, 1.82) is 0 Å². The third kappa shape index (κ3) is 3.61. The SMILES string of the molecule is Cc1cc([C@H]2[C@H](c3ccccn3)NC(=S)N2c2ccc3c(c2)OCO3)c(C)n1-c1cccc(F)c1. The van der Waals surface area contributed by atoms with Gasteiger partial charge < -0.3 is 24.3 Å². The highest BCUT2D eigenvalue weighted by Crippen LogP contribution is 2.46. The summed E-state index contributed by atoms with van der Waals surface area (Å²) in [6.45, 7) is 4.29. The molecule has 4 aromatic rings. The van der Waals surface area contributed by atoms with Gasteiger partial charge in [0.15, 0.2) is 16.6 Å². The van der Waals surface area contributed by atoms with E-state index in [1.807, 2.05) is 49.4 Å². The van der Waals surface area contributed by atoms with Crippen LogP contribution in [0.1, 0.15) is 34.7 Å². The van der Waals surface area contributed by atoms with Gasteiger partial charge in [-0.3, -0.25) is 4.98 Å². The summed E-state index contributed by atoms with van der Waals surface area (Å²) in [6.07, 6.45) is 1.79. The fourth-order valence-electron chi connectivity index (χ4n) is 5.08. The van der Waals surface area contributed by atoms with Crippen molar-refractivity contribution in [3.8, 4) is 17.2 Å². The molecule has 4 heterocycles. The van der Waals surface area contributed by atoms with Crippen LogP contribution in [-0.2, 0) is 0 Å². The smallest absolute Gasteiger partial charge is 0.231 e. The molecule has 35 heavy (non-hydrogen) atoms. The Hall–Kier alpha value is -3.91. The molecule has 176 valence electrons. The Balaban J connectivity index is 1.51. The van der Waals surface area contributed by atoms with Crippen LogP contribution in [0.2, 0.25) is 0 Å². The molecule has 0 amide bonds. The molecular formula is C27H23FN4O2S. The quantitative estimate of drug-likeness (QED) is 0.383. The van der Waals surface area contributed by atoms with Gasteiger partial charge in [0.1, 0.15) is 5.82 Å². The van der Waals surface area contributed by atoms with Crippen LogP contribution < -0.4 is 19.7 Å². The zero-order chi connectivity index (χ0) is 24.1.